The van der Waals surface area contributed by atoms with Gasteiger partial charge in [-0.2, -0.15) is 0 Å². The van der Waals surface area contributed by atoms with E-state index in [2.05, 4.69) is 44.9 Å². The van der Waals surface area contributed by atoms with E-state index in [1.54, 1.807) is 6.92 Å². The van der Waals surface area contributed by atoms with Crippen molar-refractivity contribution in [2.45, 2.75) is 40.7 Å². The third-order valence-corrected chi connectivity index (χ3v) is 2.48. The van der Waals surface area contributed by atoms with Gasteiger partial charge < -0.3 is 4.74 Å². The Hall–Kier alpha value is -1.42. The molecular formula is C14H18O. The number of aryl methyl sites for hydroxylation is 3. The smallest absolute Gasteiger partial charge is 0.133 e. The van der Waals surface area contributed by atoms with Crippen LogP contribution in [0.1, 0.15) is 42.2 Å². The molecule has 1 atom stereocenters. The lowest BCUT2D eigenvalue weighted by atomic mass is 9.96. The minimum atomic E-state index is 0.0399. The summed E-state index contributed by atoms with van der Waals surface area (Å²) in [7, 11) is 0. The molecule has 0 N–H and O–H groups in total. The standard InChI is InChI=1S/C14H18O/c1-6-7-15-13(5)14-11(3)8-10(2)9-12(14)4/h8-9,13H,1-5H3/t13-/m0/s1. The van der Waals surface area contributed by atoms with Crippen molar-refractivity contribution in [1.82, 2.24) is 0 Å². The maximum Gasteiger partial charge on any atom is 0.133 e. The van der Waals surface area contributed by atoms with Gasteiger partial charge in [0.25, 0.3) is 0 Å². The summed E-state index contributed by atoms with van der Waals surface area (Å²) in [6.45, 7) is 10.2. The lowest BCUT2D eigenvalue weighted by Gasteiger charge is -2.16. The molecule has 0 saturated heterocycles. The number of ether oxygens (including phenoxy) is 1. The Morgan fingerprint density at radius 3 is 2.13 bits per heavy atom. The molecule has 0 heterocycles. The fourth-order valence-corrected chi connectivity index (χ4v) is 2.04. The molecular weight excluding hydrogens is 184 g/mol. The minimum Gasteiger partial charge on any atom is -0.439 e. The fraction of sp³-hybridized carbons (Fsp3) is 0.429. The van der Waals surface area contributed by atoms with Crippen molar-refractivity contribution >= 4 is 0 Å². The molecule has 0 saturated carbocycles. The molecule has 0 amide bonds. The second-order valence-electron chi connectivity index (χ2n) is 3.92. The Balaban J connectivity index is 3.06. The zero-order valence-electron chi connectivity index (χ0n) is 10.1. The van der Waals surface area contributed by atoms with E-state index in [0.29, 0.717) is 0 Å². The van der Waals surface area contributed by atoms with E-state index >= 15 is 0 Å². The summed E-state index contributed by atoms with van der Waals surface area (Å²) in [5, 5.41) is 0. The van der Waals surface area contributed by atoms with E-state index in [9.17, 15) is 0 Å². The van der Waals surface area contributed by atoms with Crippen LogP contribution in [0.5, 0.6) is 0 Å². The molecule has 1 aromatic rings. The van der Waals surface area contributed by atoms with E-state index in [1.807, 2.05) is 6.92 Å². The van der Waals surface area contributed by atoms with E-state index in [4.69, 9.17) is 4.74 Å². The van der Waals surface area contributed by atoms with Crippen LogP contribution in [0.25, 0.3) is 0 Å². The maximum absolute atomic E-state index is 5.42. The first-order valence-electron chi connectivity index (χ1n) is 5.21. The zero-order valence-corrected chi connectivity index (χ0v) is 10.1. The van der Waals surface area contributed by atoms with Gasteiger partial charge in [-0.3, -0.25) is 0 Å². The van der Waals surface area contributed by atoms with Crippen molar-refractivity contribution in [3.8, 4) is 12.0 Å². The summed E-state index contributed by atoms with van der Waals surface area (Å²) in [6.07, 6.45) is 2.71. The van der Waals surface area contributed by atoms with E-state index in [0.717, 1.165) is 0 Å². The molecule has 0 aromatic heterocycles. The third-order valence-electron chi connectivity index (χ3n) is 2.48. The molecule has 1 aromatic carbocycles. The Labute approximate surface area is 92.5 Å². The summed E-state index contributed by atoms with van der Waals surface area (Å²) < 4.78 is 5.42. The van der Waals surface area contributed by atoms with Gasteiger partial charge in [0.15, 0.2) is 0 Å². The lowest BCUT2D eigenvalue weighted by molar-refractivity contribution is 0.187. The molecule has 1 heteroatoms. The first-order chi connectivity index (χ1) is 7.06. The number of rotatable bonds is 2. The highest BCUT2D eigenvalue weighted by atomic mass is 16.5. The van der Waals surface area contributed by atoms with E-state index in [1.165, 1.54) is 22.3 Å². The van der Waals surface area contributed by atoms with Crippen LogP contribution in [0.15, 0.2) is 12.1 Å². The maximum atomic E-state index is 5.42. The number of hydrogen-bond donors (Lipinski definition) is 0. The van der Waals surface area contributed by atoms with Crippen LogP contribution < -0.4 is 0 Å². The van der Waals surface area contributed by atoms with Gasteiger partial charge in [-0.15, -0.1) is 0 Å². The topological polar surface area (TPSA) is 9.23 Å². The molecule has 0 aliphatic rings. The average Bonchev–Trinajstić information content (AvgIpc) is 2.12. The van der Waals surface area contributed by atoms with Crippen molar-refractivity contribution in [3.05, 3.63) is 34.4 Å². The monoisotopic (exact) mass is 202 g/mol. The Bertz CT molecular complexity index is 384. The van der Waals surface area contributed by atoms with Crippen molar-refractivity contribution in [3.63, 3.8) is 0 Å². The van der Waals surface area contributed by atoms with Gasteiger partial charge >= 0.3 is 0 Å². The van der Waals surface area contributed by atoms with Crippen molar-refractivity contribution in [2.75, 3.05) is 0 Å². The predicted molar refractivity (Wildman–Crippen MR) is 63.6 cm³/mol. The van der Waals surface area contributed by atoms with Crippen molar-refractivity contribution in [2.24, 2.45) is 0 Å². The van der Waals surface area contributed by atoms with Crippen LogP contribution in [0, 0.1) is 32.8 Å². The largest absolute Gasteiger partial charge is 0.439 e. The molecule has 0 unspecified atom stereocenters. The van der Waals surface area contributed by atoms with Gasteiger partial charge in [0.05, 0.1) is 0 Å². The third kappa shape index (κ3) is 2.76. The molecule has 80 valence electrons. The predicted octanol–water partition coefficient (Wildman–Crippen LogP) is 3.67. The number of benzene rings is 1. The van der Waals surface area contributed by atoms with Crippen LogP contribution in [-0.2, 0) is 4.74 Å². The first-order valence-corrected chi connectivity index (χ1v) is 5.21. The van der Waals surface area contributed by atoms with Gasteiger partial charge in [-0.1, -0.05) is 23.6 Å². The summed E-state index contributed by atoms with van der Waals surface area (Å²) in [5.74, 6) is 2.75. The molecule has 0 fully saturated rings. The summed E-state index contributed by atoms with van der Waals surface area (Å²) in [5.41, 5.74) is 5.10. The number of hydrogen-bond acceptors (Lipinski definition) is 1. The highest BCUT2D eigenvalue weighted by Crippen LogP contribution is 2.25. The van der Waals surface area contributed by atoms with Gasteiger partial charge in [-0.25, -0.2) is 0 Å². The van der Waals surface area contributed by atoms with Crippen molar-refractivity contribution < 1.29 is 4.74 Å². The second-order valence-corrected chi connectivity index (χ2v) is 3.92. The highest BCUT2D eigenvalue weighted by molar-refractivity contribution is 5.38. The quantitative estimate of drug-likeness (QED) is 0.665. The van der Waals surface area contributed by atoms with Crippen LogP contribution in [0.2, 0.25) is 0 Å². The van der Waals surface area contributed by atoms with Crippen LogP contribution in [0.3, 0.4) is 0 Å². The zero-order chi connectivity index (χ0) is 11.4. The van der Waals surface area contributed by atoms with Crippen molar-refractivity contribution in [1.29, 1.82) is 0 Å². The summed E-state index contributed by atoms with van der Waals surface area (Å²) in [4.78, 5) is 0. The highest BCUT2D eigenvalue weighted by Gasteiger charge is 2.11. The average molecular weight is 202 g/mol. The first kappa shape index (κ1) is 11.7. The molecule has 1 nitrogen and oxygen atoms in total. The summed E-state index contributed by atoms with van der Waals surface area (Å²) >= 11 is 0. The Morgan fingerprint density at radius 2 is 1.67 bits per heavy atom. The molecule has 0 radical (unpaired) electrons. The second kappa shape index (κ2) is 4.89. The molecule has 1 rings (SSSR count). The van der Waals surface area contributed by atoms with Gasteiger partial charge in [0.1, 0.15) is 12.2 Å². The molecule has 0 aliphatic heterocycles. The minimum absolute atomic E-state index is 0.0399. The van der Waals surface area contributed by atoms with Crippen LogP contribution in [0.4, 0.5) is 0 Å². The van der Waals surface area contributed by atoms with Crippen LogP contribution >= 0.6 is 0 Å². The Kier molecular flexibility index (Phi) is 3.80. The normalized spacial score (nSPS) is 11.5. The molecule has 0 aliphatic carbocycles. The Morgan fingerprint density at radius 1 is 1.13 bits per heavy atom. The SMILES string of the molecule is CC#CO[C@@H](C)c1c(C)cc(C)cc1C. The van der Waals surface area contributed by atoms with Crippen LogP contribution in [-0.4, -0.2) is 0 Å². The lowest BCUT2D eigenvalue weighted by Crippen LogP contribution is -2.02. The fourth-order valence-electron chi connectivity index (χ4n) is 2.04. The van der Waals surface area contributed by atoms with E-state index < -0.39 is 0 Å². The summed E-state index contributed by atoms with van der Waals surface area (Å²) in [6, 6.07) is 4.36. The van der Waals surface area contributed by atoms with Gasteiger partial charge in [0, 0.05) is 6.92 Å². The molecule has 15 heavy (non-hydrogen) atoms. The van der Waals surface area contributed by atoms with Gasteiger partial charge in [0.2, 0.25) is 0 Å². The molecule has 0 bridgehead atoms. The van der Waals surface area contributed by atoms with Gasteiger partial charge in [-0.05, 0) is 44.4 Å². The molecule has 0 spiro atoms. The van der Waals surface area contributed by atoms with E-state index in [-0.39, 0.29) is 6.10 Å².